The van der Waals surface area contributed by atoms with Crippen molar-refractivity contribution in [2.45, 2.75) is 64.3 Å². The zero-order chi connectivity index (χ0) is 18.1. The molecule has 1 saturated heterocycles. The van der Waals surface area contributed by atoms with E-state index in [-0.39, 0.29) is 18.4 Å². The Bertz CT molecular complexity index is 573. The van der Waals surface area contributed by atoms with Gasteiger partial charge >= 0.3 is 5.97 Å². The van der Waals surface area contributed by atoms with E-state index in [1.54, 1.807) is 0 Å². The molecule has 138 valence electrons. The second kappa shape index (κ2) is 10.1. The van der Waals surface area contributed by atoms with E-state index in [2.05, 4.69) is 0 Å². The van der Waals surface area contributed by atoms with Crippen molar-refractivity contribution < 1.29 is 19.4 Å². The molecule has 1 atom stereocenters. The topological polar surface area (TPSA) is 66.8 Å². The number of carbonyl (C=O) groups is 2. The fraction of sp³-hybridized carbons (Fsp3) is 0.600. The first kappa shape index (κ1) is 19.3. The number of carbonyl (C=O) groups excluding carboxylic acids is 1. The predicted octanol–water partition coefficient (Wildman–Crippen LogP) is 3.79. The molecule has 1 aliphatic heterocycles. The lowest BCUT2D eigenvalue weighted by Crippen LogP contribution is -2.43. The van der Waals surface area contributed by atoms with Crippen LogP contribution in [0.15, 0.2) is 24.3 Å². The van der Waals surface area contributed by atoms with E-state index < -0.39 is 5.97 Å². The summed E-state index contributed by atoms with van der Waals surface area (Å²) in [6.07, 6.45) is 5.89. The number of amides is 1. The van der Waals surface area contributed by atoms with Crippen LogP contribution in [0, 0.1) is 6.92 Å². The quantitative estimate of drug-likeness (QED) is 0.690. The summed E-state index contributed by atoms with van der Waals surface area (Å²) < 4.78 is 5.71. The highest BCUT2D eigenvalue weighted by molar-refractivity contribution is 5.76. The van der Waals surface area contributed by atoms with Gasteiger partial charge < -0.3 is 14.7 Å². The number of unbranched alkanes of at least 4 members (excludes halogenated alkanes) is 1. The van der Waals surface area contributed by atoms with Gasteiger partial charge in [-0.15, -0.1) is 0 Å². The van der Waals surface area contributed by atoms with Crippen molar-refractivity contribution in [2.75, 3.05) is 13.2 Å². The van der Waals surface area contributed by atoms with Crippen LogP contribution in [-0.2, 0) is 9.59 Å². The average Bonchev–Trinajstić information content (AvgIpc) is 2.60. The van der Waals surface area contributed by atoms with Crippen molar-refractivity contribution in [1.29, 1.82) is 0 Å². The van der Waals surface area contributed by atoms with Crippen LogP contribution in [0.25, 0.3) is 0 Å². The van der Waals surface area contributed by atoms with Gasteiger partial charge in [0, 0.05) is 25.4 Å². The highest BCUT2D eigenvalue weighted by Crippen LogP contribution is 2.22. The summed E-state index contributed by atoms with van der Waals surface area (Å²) in [6.45, 7) is 3.41. The third-order valence-corrected chi connectivity index (χ3v) is 4.68. The van der Waals surface area contributed by atoms with Gasteiger partial charge in [0.15, 0.2) is 0 Å². The minimum Gasteiger partial charge on any atom is -0.494 e. The normalized spacial score (nSPS) is 17.3. The molecular formula is C20H29NO4. The van der Waals surface area contributed by atoms with E-state index in [1.165, 1.54) is 5.56 Å². The Hall–Kier alpha value is -2.04. The summed E-state index contributed by atoms with van der Waals surface area (Å²) in [5.41, 5.74) is 1.17. The number of piperidine rings is 1. The molecule has 5 nitrogen and oxygen atoms in total. The van der Waals surface area contributed by atoms with E-state index in [0.717, 1.165) is 44.4 Å². The van der Waals surface area contributed by atoms with Crippen LogP contribution in [0.3, 0.4) is 0 Å². The van der Waals surface area contributed by atoms with E-state index in [4.69, 9.17) is 9.84 Å². The van der Waals surface area contributed by atoms with Crippen LogP contribution in [0.1, 0.15) is 56.9 Å². The largest absolute Gasteiger partial charge is 0.494 e. The SMILES string of the molecule is Cc1cccc(OCCCCC(=O)N2CCCCC2CCC(=O)O)c1. The highest BCUT2D eigenvalue weighted by atomic mass is 16.5. The van der Waals surface area contributed by atoms with Gasteiger partial charge in [0.1, 0.15) is 5.75 Å². The number of aliphatic carboxylic acids is 1. The molecule has 2 rings (SSSR count). The Morgan fingerprint density at radius 1 is 1.24 bits per heavy atom. The first-order valence-corrected chi connectivity index (χ1v) is 9.27. The number of likely N-dealkylation sites (tertiary alicyclic amines) is 1. The molecule has 1 fully saturated rings. The molecule has 0 aliphatic carbocycles. The summed E-state index contributed by atoms with van der Waals surface area (Å²) in [7, 11) is 0. The van der Waals surface area contributed by atoms with Gasteiger partial charge in [-0.1, -0.05) is 12.1 Å². The summed E-state index contributed by atoms with van der Waals surface area (Å²) in [5.74, 6) is 0.244. The predicted molar refractivity (Wildman–Crippen MR) is 96.7 cm³/mol. The lowest BCUT2D eigenvalue weighted by molar-refractivity contribution is -0.140. The second-order valence-electron chi connectivity index (χ2n) is 6.79. The van der Waals surface area contributed by atoms with E-state index >= 15 is 0 Å². The first-order valence-electron chi connectivity index (χ1n) is 9.27. The maximum atomic E-state index is 12.5. The van der Waals surface area contributed by atoms with E-state index in [0.29, 0.717) is 19.4 Å². The molecule has 0 saturated carbocycles. The van der Waals surface area contributed by atoms with Crippen molar-refractivity contribution in [3.8, 4) is 5.75 Å². The van der Waals surface area contributed by atoms with E-state index in [9.17, 15) is 9.59 Å². The Morgan fingerprint density at radius 2 is 2.08 bits per heavy atom. The summed E-state index contributed by atoms with van der Waals surface area (Å²) in [5, 5.41) is 8.86. The number of carboxylic acid groups (broad SMARTS) is 1. The Kier molecular flexibility index (Phi) is 7.76. The lowest BCUT2D eigenvalue weighted by Gasteiger charge is -2.35. The van der Waals surface area contributed by atoms with Crippen molar-refractivity contribution in [2.24, 2.45) is 0 Å². The van der Waals surface area contributed by atoms with Crippen LogP contribution in [0.2, 0.25) is 0 Å². The summed E-state index contributed by atoms with van der Waals surface area (Å²) >= 11 is 0. The fourth-order valence-corrected chi connectivity index (χ4v) is 3.34. The van der Waals surface area contributed by atoms with Gasteiger partial charge in [-0.2, -0.15) is 0 Å². The smallest absolute Gasteiger partial charge is 0.303 e. The Balaban J connectivity index is 1.68. The molecule has 1 aromatic carbocycles. The van der Waals surface area contributed by atoms with Crippen LogP contribution < -0.4 is 4.74 Å². The van der Waals surface area contributed by atoms with Crippen LogP contribution in [0.4, 0.5) is 0 Å². The highest BCUT2D eigenvalue weighted by Gasteiger charge is 2.26. The van der Waals surface area contributed by atoms with E-state index in [1.807, 2.05) is 36.1 Å². The molecule has 0 radical (unpaired) electrons. The molecule has 5 heteroatoms. The number of hydrogen-bond acceptors (Lipinski definition) is 3. The van der Waals surface area contributed by atoms with Gasteiger partial charge in [0.05, 0.1) is 6.61 Å². The van der Waals surface area contributed by atoms with Gasteiger partial charge in [0.25, 0.3) is 0 Å². The standard InChI is InChI=1S/C20H29NO4/c1-16-7-6-9-18(15-16)25-14-5-3-10-19(22)21-13-4-2-8-17(21)11-12-20(23)24/h6-7,9,15,17H,2-5,8,10-14H2,1H3,(H,23,24). The van der Waals surface area contributed by atoms with Crippen LogP contribution in [-0.4, -0.2) is 41.1 Å². The van der Waals surface area contributed by atoms with Gasteiger partial charge in [-0.25, -0.2) is 0 Å². The molecule has 1 heterocycles. The Labute approximate surface area is 150 Å². The lowest BCUT2D eigenvalue weighted by atomic mass is 9.97. The number of rotatable bonds is 9. The van der Waals surface area contributed by atoms with Crippen molar-refractivity contribution in [3.63, 3.8) is 0 Å². The number of aryl methyl sites for hydroxylation is 1. The molecule has 0 spiro atoms. The number of benzene rings is 1. The molecule has 1 unspecified atom stereocenters. The van der Waals surface area contributed by atoms with Crippen molar-refractivity contribution in [3.05, 3.63) is 29.8 Å². The molecule has 1 N–H and O–H groups in total. The molecule has 0 bridgehead atoms. The summed E-state index contributed by atoms with van der Waals surface area (Å²) in [4.78, 5) is 25.2. The molecule has 0 aromatic heterocycles. The minimum absolute atomic E-state index is 0.0980. The number of nitrogens with zero attached hydrogens (tertiary/aromatic N) is 1. The monoisotopic (exact) mass is 347 g/mol. The minimum atomic E-state index is -0.786. The van der Waals surface area contributed by atoms with Crippen LogP contribution in [0.5, 0.6) is 5.75 Å². The molecular weight excluding hydrogens is 318 g/mol. The zero-order valence-corrected chi connectivity index (χ0v) is 15.1. The average molecular weight is 347 g/mol. The number of ether oxygens (including phenoxy) is 1. The molecule has 1 aliphatic rings. The maximum absolute atomic E-state index is 12.5. The van der Waals surface area contributed by atoms with Crippen molar-refractivity contribution >= 4 is 11.9 Å². The summed E-state index contributed by atoms with van der Waals surface area (Å²) in [6, 6.07) is 8.05. The number of carboxylic acids is 1. The molecule has 1 aromatic rings. The molecule has 25 heavy (non-hydrogen) atoms. The second-order valence-corrected chi connectivity index (χ2v) is 6.79. The number of hydrogen-bond donors (Lipinski definition) is 1. The molecule has 1 amide bonds. The van der Waals surface area contributed by atoms with Crippen molar-refractivity contribution in [1.82, 2.24) is 4.90 Å². The third-order valence-electron chi connectivity index (χ3n) is 4.68. The van der Waals surface area contributed by atoms with Gasteiger partial charge in [-0.05, 0) is 63.1 Å². The fourth-order valence-electron chi connectivity index (χ4n) is 3.34. The Morgan fingerprint density at radius 3 is 2.84 bits per heavy atom. The third kappa shape index (κ3) is 6.77. The van der Waals surface area contributed by atoms with Gasteiger partial charge in [0.2, 0.25) is 5.91 Å². The van der Waals surface area contributed by atoms with Crippen LogP contribution >= 0.6 is 0 Å². The first-order chi connectivity index (χ1) is 12.1. The van der Waals surface area contributed by atoms with Gasteiger partial charge in [-0.3, -0.25) is 9.59 Å². The maximum Gasteiger partial charge on any atom is 0.303 e. The zero-order valence-electron chi connectivity index (χ0n) is 15.1.